The number of carbonyl (C=O) groups is 1. The number of nitro benzene ring substituents is 1. The molecular formula is C24H24N2O6. The molecule has 1 amide bonds. The van der Waals surface area contributed by atoms with E-state index in [1.165, 1.54) is 36.9 Å². The number of carbonyl (C=O) groups excluding carboxylic acids is 1. The van der Waals surface area contributed by atoms with Crippen molar-refractivity contribution < 1.29 is 23.6 Å². The van der Waals surface area contributed by atoms with Crippen LogP contribution in [0.15, 0.2) is 40.8 Å². The summed E-state index contributed by atoms with van der Waals surface area (Å²) in [5.74, 6) is 1.49. The van der Waals surface area contributed by atoms with Gasteiger partial charge in [-0.2, -0.15) is 0 Å². The molecule has 0 bridgehead atoms. The third-order valence-electron chi connectivity index (χ3n) is 5.70. The van der Waals surface area contributed by atoms with E-state index in [2.05, 4.69) is 5.32 Å². The van der Waals surface area contributed by atoms with Crippen molar-refractivity contribution in [3.63, 3.8) is 0 Å². The summed E-state index contributed by atoms with van der Waals surface area (Å²) in [6, 6.07) is 7.92. The van der Waals surface area contributed by atoms with Crippen LogP contribution in [0.5, 0.6) is 11.5 Å². The number of amides is 1. The number of aryl methyl sites for hydroxylation is 2. The Labute approximate surface area is 185 Å². The fourth-order valence-electron chi connectivity index (χ4n) is 4.11. The van der Waals surface area contributed by atoms with Gasteiger partial charge in [0.1, 0.15) is 22.8 Å². The standard InChI is InChI=1S/C24H24N2O6/c1-14(10-24(27)25-19-9-8-15(26(28)29)11-23(19)31-3)17-12-18-16-6-4-5-7-20(16)32-22(18)13-21(17)30-2/h8-13H,4-7H2,1-3H3,(H,25,27)/b14-10+. The summed E-state index contributed by atoms with van der Waals surface area (Å²) in [6.07, 6.45) is 5.66. The third kappa shape index (κ3) is 4.03. The van der Waals surface area contributed by atoms with Gasteiger partial charge in [0, 0.05) is 41.1 Å². The van der Waals surface area contributed by atoms with Crippen LogP contribution in [0.3, 0.4) is 0 Å². The van der Waals surface area contributed by atoms with Crippen molar-refractivity contribution in [2.24, 2.45) is 0 Å². The molecule has 1 heterocycles. The second kappa shape index (κ2) is 8.74. The lowest BCUT2D eigenvalue weighted by Crippen LogP contribution is -2.10. The van der Waals surface area contributed by atoms with Crippen LogP contribution in [0.2, 0.25) is 0 Å². The highest BCUT2D eigenvalue weighted by Gasteiger charge is 2.20. The molecule has 2 aromatic carbocycles. The van der Waals surface area contributed by atoms with E-state index in [1.54, 1.807) is 7.11 Å². The number of methoxy groups -OCH3 is 2. The van der Waals surface area contributed by atoms with Gasteiger partial charge in [0.2, 0.25) is 5.91 Å². The topological polar surface area (TPSA) is 104 Å². The average molecular weight is 436 g/mol. The summed E-state index contributed by atoms with van der Waals surface area (Å²) in [6.45, 7) is 1.84. The summed E-state index contributed by atoms with van der Waals surface area (Å²) in [7, 11) is 2.98. The molecule has 1 N–H and O–H groups in total. The fraction of sp³-hybridized carbons (Fsp3) is 0.292. The highest BCUT2D eigenvalue weighted by atomic mass is 16.6. The van der Waals surface area contributed by atoms with E-state index in [1.807, 2.05) is 19.1 Å². The number of benzene rings is 2. The third-order valence-corrected chi connectivity index (χ3v) is 5.70. The van der Waals surface area contributed by atoms with Crippen molar-refractivity contribution in [2.75, 3.05) is 19.5 Å². The zero-order chi connectivity index (χ0) is 22.8. The highest BCUT2D eigenvalue weighted by Crippen LogP contribution is 2.38. The highest BCUT2D eigenvalue weighted by molar-refractivity contribution is 6.05. The average Bonchev–Trinajstić information content (AvgIpc) is 3.15. The predicted molar refractivity (Wildman–Crippen MR) is 121 cm³/mol. The van der Waals surface area contributed by atoms with Gasteiger partial charge in [0.15, 0.2) is 0 Å². The van der Waals surface area contributed by atoms with Gasteiger partial charge in [-0.1, -0.05) is 0 Å². The molecule has 166 valence electrons. The SMILES string of the molecule is COc1cc([N+](=O)[O-])ccc1NC(=O)/C=C(\C)c1cc2c3c(oc2cc1OC)CCCC3. The summed E-state index contributed by atoms with van der Waals surface area (Å²) in [5, 5.41) is 14.7. The first-order valence-electron chi connectivity index (χ1n) is 10.4. The van der Waals surface area contributed by atoms with Crippen molar-refractivity contribution in [2.45, 2.75) is 32.6 Å². The Balaban J connectivity index is 1.65. The van der Waals surface area contributed by atoms with E-state index < -0.39 is 4.92 Å². The van der Waals surface area contributed by atoms with Gasteiger partial charge in [0.25, 0.3) is 5.69 Å². The monoisotopic (exact) mass is 436 g/mol. The maximum absolute atomic E-state index is 12.7. The molecular weight excluding hydrogens is 412 g/mol. The summed E-state index contributed by atoms with van der Waals surface area (Å²) < 4.78 is 16.8. The van der Waals surface area contributed by atoms with E-state index in [9.17, 15) is 14.9 Å². The lowest BCUT2D eigenvalue weighted by Gasteiger charge is -2.12. The number of nitrogens with one attached hydrogen (secondary N) is 1. The Morgan fingerprint density at radius 1 is 1.12 bits per heavy atom. The van der Waals surface area contributed by atoms with Gasteiger partial charge in [-0.3, -0.25) is 14.9 Å². The van der Waals surface area contributed by atoms with Gasteiger partial charge in [-0.05, 0) is 43.9 Å². The Hall–Kier alpha value is -3.81. The maximum Gasteiger partial charge on any atom is 0.273 e. The molecule has 0 aliphatic heterocycles. The van der Waals surface area contributed by atoms with E-state index in [0.717, 1.165) is 48.0 Å². The molecule has 0 atom stereocenters. The molecule has 0 spiro atoms. The van der Waals surface area contributed by atoms with Crippen molar-refractivity contribution in [3.05, 3.63) is 63.4 Å². The molecule has 4 rings (SSSR count). The zero-order valence-electron chi connectivity index (χ0n) is 18.2. The van der Waals surface area contributed by atoms with Crippen molar-refractivity contribution in [1.29, 1.82) is 0 Å². The lowest BCUT2D eigenvalue weighted by molar-refractivity contribution is -0.384. The molecule has 1 aliphatic rings. The number of nitrogens with zero attached hydrogens (tertiary/aromatic N) is 1. The first-order chi connectivity index (χ1) is 15.4. The van der Waals surface area contributed by atoms with E-state index >= 15 is 0 Å². The lowest BCUT2D eigenvalue weighted by atomic mass is 9.94. The smallest absolute Gasteiger partial charge is 0.273 e. The van der Waals surface area contributed by atoms with Crippen LogP contribution in [0.25, 0.3) is 16.5 Å². The molecule has 0 fully saturated rings. The van der Waals surface area contributed by atoms with Crippen molar-refractivity contribution in [1.82, 2.24) is 0 Å². The van der Waals surface area contributed by atoms with Gasteiger partial charge < -0.3 is 19.2 Å². The zero-order valence-corrected chi connectivity index (χ0v) is 18.2. The van der Waals surface area contributed by atoms with Crippen molar-refractivity contribution in [3.8, 4) is 11.5 Å². The van der Waals surface area contributed by atoms with Crippen LogP contribution in [-0.4, -0.2) is 25.1 Å². The number of rotatable bonds is 6. The van der Waals surface area contributed by atoms with Gasteiger partial charge >= 0.3 is 0 Å². The van der Waals surface area contributed by atoms with E-state index in [-0.39, 0.29) is 17.3 Å². The van der Waals surface area contributed by atoms with Crippen LogP contribution in [-0.2, 0) is 17.6 Å². The van der Waals surface area contributed by atoms with Crippen LogP contribution in [0.4, 0.5) is 11.4 Å². The number of ether oxygens (including phenoxy) is 2. The number of hydrogen-bond acceptors (Lipinski definition) is 6. The number of hydrogen-bond donors (Lipinski definition) is 1. The first-order valence-corrected chi connectivity index (χ1v) is 10.4. The molecule has 0 saturated carbocycles. The summed E-state index contributed by atoms with van der Waals surface area (Å²) >= 11 is 0. The maximum atomic E-state index is 12.7. The summed E-state index contributed by atoms with van der Waals surface area (Å²) in [5.41, 5.74) is 3.78. The molecule has 8 nitrogen and oxygen atoms in total. The largest absolute Gasteiger partial charge is 0.496 e. The number of allylic oxidation sites excluding steroid dienone is 1. The van der Waals surface area contributed by atoms with Crippen LogP contribution < -0.4 is 14.8 Å². The number of anilines is 1. The van der Waals surface area contributed by atoms with Crippen LogP contribution in [0.1, 0.15) is 36.7 Å². The molecule has 32 heavy (non-hydrogen) atoms. The van der Waals surface area contributed by atoms with Crippen molar-refractivity contribution >= 4 is 33.8 Å². The van der Waals surface area contributed by atoms with E-state index in [0.29, 0.717) is 17.0 Å². The minimum absolute atomic E-state index is 0.118. The number of nitro groups is 1. The Bertz CT molecular complexity index is 1240. The van der Waals surface area contributed by atoms with E-state index in [4.69, 9.17) is 13.9 Å². The Kier molecular flexibility index (Phi) is 5.85. The Morgan fingerprint density at radius 3 is 2.59 bits per heavy atom. The quantitative estimate of drug-likeness (QED) is 0.320. The van der Waals surface area contributed by atoms with Gasteiger partial charge in [0.05, 0.1) is 30.9 Å². The molecule has 8 heteroatoms. The minimum Gasteiger partial charge on any atom is -0.496 e. The van der Waals surface area contributed by atoms with Crippen LogP contribution >= 0.6 is 0 Å². The normalized spacial score (nSPS) is 13.5. The second-order valence-electron chi connectivity index (χ2n) is 7.72. The van der Waals surface area contributed by atoms with Gasteiger partial charge in [-0.25, -0.2) is 0 Å². The first kappa shape index (κ1) is 21.4. The van der Waals surface area contributed by atoms with Crippen LogP contribution in [0, 0.1) is 10.1 Å². The Morgan fingerprint density at radius 2 is 1.88 bits per heavy atom. The van der Waals surface area contributed by atoms with Gasteiger partial charge in [-0.15, -0.1) is 0 Å². The molecule has 0 radical (unpaired) electrons. The summed E-state index contributed by atoms with van der Waals surface area (Å²) in [4.78, 5) is 23.1. The molecule has 0 unspecified atom stereocenters. The molecule has 1 aliphatic carbocycles. The number of furan rings is 1. The fourth-order valence-corrected chi connectivity index (χ4v) is 4.11. The number of fused-ring (bicyclic) bond motifs is 3. The number of non-ortho nitro benzene ring substituents is 1. The molecule has 3 aromatic rings. The molecule has 1 aromatic heterocycles. The predicted octanol–water partition coefficient (Wildman–Crippen LogP) is 5.28. The minimum atomic E-state index is -0.519. The second-order valence-corrected chi connectivity index (χ2v) is 7.72. The molecule has 0 saturated heterocycles.